The maximum Gasteiger partial charge on any atom is 0.243 e. The summed E-state index contributed by atoms with van der Waals surface area (Å²) in [5.41, 5.74) is -0.809. The maximum absolute atomic E-state index is 13.4. The summed E-state index contributed by atoms with van der Waals surface area (Å²) in [6, 6.07) is 10.8. The minimum absolute atomic E-state index is 0.0797. The lowest BCUT2D eigenvalue weighted by Gasteiger charge is -2.47. The minimum atomic E-state index is -3.92. The summed E-state index contributed by atoms with van der Waals surface area (Å²) < 4.78 is 28.0. The normalized spacial score (nSPS) is 20.0. The lowest BCUT2D eigenvalue weighted by molar-refractivity contribution is -0.148. The molecule has 1 amide bonds. The van der Waals surface area contributed by atoms with Crippen molar-refractivity contribution in [2.45, 2.75) is 29.4 Å². The Morgan fingerprint density at radius 1 is 1.00 bits per heavy atom. The van der Waals surface area contributed by atoms with Gasteiger partial charge in [-0.1, -0.05) is 35.3 Å². The number of benzene rings is 2. The summed E-state index contributed by atoms with van der Waals surface area (Å²) in [5.74, 6) is -0.413. The second kappa shape index (κ2) is 9.85. The van der Waals surface area contributed by atoms with Crippen molar-refractivity contribution in [2.75, 3.05) is 32.7 Å². The van der Waals surface area contributed by atoms with Crippen LogP contribution in [0.2, 0.25) is 10.2 Å². The molecule has 3 heterocycles. The quantitative estimate of drug-likeness (QED) is 0.470. The second-order valence-corrected chi connectivity index (χ2v) is 11.9. The molecule has 190 valence electrons. The van der Waals surface area contributed by atoms with E-state index in [4.69, 9.17) is 23.2 Å². The van der Waals surface area contributed by atoms with Crippen molar-refractivity contribution < 1.29 is 18.3 Å². The number of nitrogens with one attached hydrogen (secondary N) is 1. The van der Waals surface area contributed by atoms with Gasteiger partial charge in [0.25, 0.3) is 0 Å². The van der Waals surface area contributed by atoms with Gasteiger partial charge in [-0.05, 0) is 67.0 Å². The van der Waals surface area contributed by atoms with Gasteiger partial charge in [0.2, 0.25) is 15.9 Å². The average molecular weight is 550 g/mol. The van der Waals surface area contributed by atoms with Crippen molar-refractivity contribution in [1.82, 2.24) is 24.5 Å². The third-order valence-electron chi connectivity index (χ3n) is 6.86. The largest absolute Gasteiger partial charge is 0.387 e. The molecular formula is C24H25Cl2N5O4S. The van der Waals surface area contributed by atoms with E-state index in [0.29, 0.717) is 36.6 Å². The van der Waals surface area contributed by atoms with Crippen molar-refractivity contribution in [3.05, 3.63) is 64.7 Å². The predicted molar refractivity (Wildman–Crippen MR) is 136 cm³/mol. The predicted octanol–water partition coefficient (Wildman–Crippen LogP) is 2.63. The van der Waals surface area contributed by atoms with Crippen molar-refractivity contribution in [3.8, 4) is 0 Å². The van der Waals surface area contributed by atoms with Crippen LogP contribution in [0.1, 0.15) is 24.6 Å². The molecule has 0 saturated carbocycles. The van der Waals surface area contributed by atoms with Crippen LogP contribution in [0, 0.1) is 0 Å². The van der Waals surface area contributed by atoms with Gasteiger partial charge < -0.3 is 15.3 Å². The molecule has 2 saturated heterocycles. The van der Waals surface area contributed by atoms with Gasteiger partial charge in [-0.15, -0.1) is 0 Å². The first-order valence-electron chi connectivity index (χ1n) is 11.6. The number of amides is 1. The van der Waals surface area contributed by atoms with Crippen LogP contribution in [0.3, 0.4) is 0 Å². The number of fused-ring (bicyclic) bond motifs is 1. The molecule has 5 rings (SSSR count). The molecule has 0 radical (unpaired) electrons. The van der Waals surface area contributed by atoms with Crippen LogP contribution in [0.5, 0.6) is 0 Å². The molecule has 3 aromatic rings. The Balaban J connectivity index is 1.42. The van der Waals surface area contributed by atoms with Gasteiger partial charge in [-0.2, -0.15) is 4.31 Å². The summed E-state index contributed by atoms with van der Waals surface area (Å²) in [4.78, 5) is 23.3. The molecule has 12 heteroatoms. The van der Waals surface area contributed by atoms with E-state index >= 15 is 0 Å². The Kier molecular flexibility index (Phi) is 6.92. The third-order valence-corrected chi connectivity index (χ3v) is 9.14. The topological polar surface area (TPSA) is 116 Å². The molecule has 1 unspecified atom stereocenters. The van der Waals surface area contributed by atoms with Gasteiger partial charge in [0.15, 0.2) is 0 Å². The highest BCUT2D eigenvalue weighted by Gasteiger charge is 2.47. The molecule has 2 N–H and O–H groups in total. The van der Waals surface area contributed by atoms with Gasteiger partial charge in [-0.3, -0.25) is 4.79 Å². The Morgan fingerprint density at radius 3 is 2.44 bits per heavy atom. The van der Waals surface area contributed by atoms with E-state index in [1.807, 2.05) is 0 Å². The molecule has 0 bridgehead atoms. The Hall–Kier alpha value is -2.34. The van der Waals surface area contributed by atoms with E-state index in [-0.39, 0.29) is 29.7 Å². The number of sulfonamides is 1. The average Bonchev–Trinajstić information content (AvgIpc) is 2.85. The number of nitrogens with zero attached hydrogens (tertiary/aromatic N) is 4. The number of piperazine rings is 1. The van der Waals surface area contributed by atoms with Gasteiger partial charge in [-0.25, -0.2) is 18.4 Å². The Bertz CT molecular complexity index is 1410. The van der Waals surface area contributed by atoms with E-state index < -0.39 is 27.6 Å². The Labute approximate surface area is 219 Å². The SMILES string of the molecule is O=C1CN(S(=O)(=O)c2ccc3cc(Cl)ccc3c2)CCN1C(c1cc(Cl)ncn1)C1(O)CCNCC1. The van der Waals surface area contributed by atoms with E-state index in [9.17, 15) is 18.3 Å². The van der Waals surface area contributed by atoms with Gasteiger partial charge in [0.05, 0.1) is 22.7 Å². The van der Waals surface area contributed by atoms with E-state index in [2.05, 4.69) is 15.3 Å². The molecule has 2 aromatic carbocycles. The number of hydrogen-bond acceptors (Lipinski definition) is 7. The molecule has 36 heavy (non-hydrogen) atoms. The molecule has 1 aromatic heterocycles. The molecule has 1 atom stereocenters. The molecule has 0 aliphatic carbocycles. The first-order valence-corrected chi connectivity index (χ1v) is 13.8. The number of piperidine rings is 1. The first kappa shape index (κ1) is 25.3. The smallest absolute Gasteiger partial charge is 0.243 e. The summed E-state index contributed by atoms with van der Waals surface area (Å²) in [7, 11) is -3.92. The van der Waals surface area contributed by atoms with E-state index in [0.717, 1.165) is 10.8 Å². The summed E-state index contributed by atoms with van der Waals surface area (Å²) in [6.07, 6.45) is 2.12. The fraction of sp³-hybridized carbons (Fsp3) is 0.375. The van der Waals surface area contributed by atoms with Crippen LogP contribution in [0.15, 0.2) is 53.7 Å². The van der Waals surface area contributed by atoms with Crippen LogP contribution in [0.4, 0.5) is 0 Å². The number of carbonyl (C=O) groups is 1. The highest BCUT2D eigenvalue weighted by Crippen LogP contribution is 2.39. The van der Waals surface area contributed by atoms with Gasteiger partial charge >= 0.3 is 0 Å². The number of hydrogen-bond donors (Lipinski definition) is 2. The number of halogens is 2. The Morgan fingerprint density at radius 2 is 1.72 bits per heavy atom. The van der Waals surface area contributed by atoms with Crippen molar-refractivity contribution in [3.63, 3.8) is 0 Å². The molecule has 9 nitrogen and oxygen atoms in total. The maximum atomic E-state index is 13.4. The van der Waals surface area contributed by atoms with Crippen LogP contribution < -0.4 is 5.32 Å². The number of carbonyl (C=O) groups excluding carboxylic acids is 1. The summed E-state index contributed by atoms with van der Waals surface area (Å²) in [5, 5.41) is 17.1. The fourth-order valence-electron chi connectivity index (χ4n) is 5.00. The first-order chi connectivity index (χ1) is 17.2. The standard InChI is InChI=1S/C24H25Cl2N5O4S/c25-18-3-1-17-12-19(4-2-16(17)11-18)36(34,35)30-9-10-31(22(32)14-30)23(20-13-21(26)29-15-28-20)24(33)5-7-27-8-6-24/h1-4,11-13,15,23,27,33H,5-10,14H2. The van der Waals surface area contributed by atoms with E-state index in [1.165, 1.54) is 21.6 Å². The number of aromatic nitrogens is 2. The molecular weight excluding hydrogens is 525 g/mol. The number of aliphatic hydroxyl groups is 1. The van der Waals surface area contributed by atoms with Crippen molar-refractivity contribution in [2.24, 2.45) is 0 Å². The highest BCUT2D eigenvalue weighted by molar-refractivity contribution is 7.89. The highest BCUT2D eigenvalue weighted by atomic mass is 35.5. The monoisotopic (exact) mass is 549 g/mol. The molecule has 2 fully saturated rings. The van der Waals surface area contributed by atoms with E-state index in [1.54, 1.807) is 36.4 Å². The van der Waals surface area contributed by atoms with Crippen LogP contribution in [-0.4, -0.2) is 76.9 Å². The number of rotatable bonds is 5. The van der Waals surface area contributed by atoms with Crippen LogP contribution >= 0.6 is 23.2 Å². The summed E-state index contributed by atoms with van der Waals surface area (Å²) in [6.45, 7) is 1.01. The minimum Gasteiger partial charge on any atom is -0.387 e. The van der Waals surface area contributed by atoms with Crippen LogP contribution in [0.25, 0.3) is 10.8 Å². The second-order valence-electron chi connectivity index (χ2n) is 9.10. The van der Waals surface area contributed by atoms with Gasteiger partial charge in [0, 0.05) is 18.1 Å². The molecule has 2 aliphatic rings. The molecule has 2 aliphatic heterocycles. The zero-order chi connectivity index (χ0) is 25.5. The zero-order valence-corrected chi connectivity index (χ0v) is 21.6. The summed E-state index contributed by atoms with van der Waals surface area (Å²) >= 11 is 12.1. The van der Waals surface area contributed by atoms with Crippen LogP contribution in [-0.2, 0) is 14.8 Å². The fourth-order valence-corrected chi connectivity index (χ4v) is 6.75. The third kappa shape index (κ3) is 4.81. The zero-order valence-electron chi connectivity index (χ0n) is 19.3. The van der Waals surface area contributed by atoms with Crippen molar-refractivity contribution >= 4 is 49.9 Å². The van der Waals surface area contributed by atoms with Crippen molar-refractivity contribution in [1.29, 1.82) is 0 Å². The molecule has 0 spiro atoms. The van der Waals surface area contributed by atoms with Gasteiger partial charge in [0.1, 0.15) is 17.5 Å². The lowest BCUT2D eigenvalue weighted by Crippen LogP contribution is -2.59. The lowest BCUT2D eigenvalue weighted by atomic mass is 9.82.